The van der Waals surface area contributed by atoms with Gasteiger partial charge in [0.15, 0.2) is 5.78 Å². The van der Waals surface area contributed by atoms with E-state index in [0.717, 1.165) is 0 Å². The number of carbonyl (C=O) groups is 1. The van der Waals surface area contributed by atoms with Gasteiger partial charge in [-0.2, -0.15) is 0 Å². The summed E-state index contributed by atoms with van der Waals surface area (Å²) in [4.78, 5) is 13.3. The number of aliphatic hydroxyl groups is 7. The van der Waals surface area contributed by atoms with Crippen LogP contribution in [-0.4, -0.2) is 82.7 Å². The fraction of sp³-hybridized carbons (Fsp3) is 0.889. The molecular weight excluding hydrogens is 452 g/mol. The van der Waals surface area contributed by atoms with Crippen molar-refractivity contribution in [1.82, 2.24) is 0 Å². The van der Waals surface area contributed by atoms with Crippen molar-refractivity contribution < 1.29 is 40.5 Å². The molecule has 8 heteroatoms. The number of allylic oxidation sites excluding steroid dienone is 1. The fourth-order valence-corrected chi connectivity index (χ4v) is 8.44. The number of ketones is 1. The van der Waals surface area contributed by atoms with E-state index >= 15 is 0 Å². The van der Waals surface area contributed by atoms with E-state index in [-0.39, 0.29) is 44.3 Å². The second kappa shape index (κ2) is 8.32. The van der Waals surface area contributed by atoms with E-state index in [1.807, 2.05) is 13.8 Å². The second-order valence-corrected chi connectivity index (χ2v) is 13.3. The Bertz CT molecular complexity index is 892. The minimum Gasteiger partial charge on any atom is -0.392 e. The van der Waals surface area contributed by atoms with Crippen LogP contribution in [0.5, 0.6) is 0 Å². The molecule has 4 rings (SSSR count). The molecule has 0 aromatic rings. The number of rotatable bonds is 5. The molecule has 7 N–H and O–H groups in total. The van der Waals surface area contributed by atoms with Crippen molar-refractivity contribution in [2.75, 3.05) is 0 Å². The van der Waals surface area contributed by atoms with Gasteiger partial charge in [0, 0.05) is 17.3 Å². The summed E-state index contributed by atoms with van der Waals surface area (Å²) in [7, 11) is 0. The molecule has 3 fully saturated rings. The Kier molecular flexibility index (Phi) is 6.46. The van der Waals surface area contributed by atoms with Crippen LogP contribution in [0.15, 0.2) is 11.6 Å². The van der Waals surface area contributed by atoms with E-state index in [4.69, 9.17) is 0 Å². The van der Waals surface area contributed by atoms with Crippen LogP contribution >= 0.6 is 0 Å². The molecule has 0 aliphatic heterocycles. The van der Waals surface area contributed by atoms with Crippen LogP contribution in [-0.2, 0) is 4.79 Å². The SMILES string of the molecule is CC(C)(O)CC[C@H](O)[C@](C)(O)C1CC[C@@]2(O)C3=CC(=O)C4CC(O)C(O)C[C@]4(C)C3[C@H](O)C[C@]12C. The molecule has 0 bridgehead atoms. The molecule has 0 amide bonds. The maximum absolute atomic E-state index is 13.3. The third kappa shape index (κ3) is 3.95. The van der Waals surface area contributed by atoms with Crippen molar-refractivity contribution in [3.05, 3.63) is 11.6 Å². The average molecular weight is 497 g/mol. The molecule has 4 aliphatic carbocycles. The lowest BCUT2D eigenvalue weighted by atomic mass is 9.45. The Labute approximate surface area is 207 Å². The maximum atomic E-state index is 13.3. The topological polar surface area (TPSA) is 159 Å². The van der Waals surface area contributed by atoms with Gasteiger partial charge in [0.25, 0.3) is 0 Å². The number of fused-ring (bicyclic) bond motifs is 5. The summed E-state index contributed by atoms with van der Waals surface area (Å²) in [5, 5.41) is 77.0. The van der Waals surface area contributed by atoms with E-state index in [1.54, 1.807) is 20.8 Å². The van der Waals surface area contributed by atoms with E-state index in [2.05, 4.69) is 0 Å². The summed E-state index contributed by atoms with van der Waals surface area (Å²) in [5.41, 5.74) is -5.42. The summed E-state index contributed by atoms with van der Waals surface area (Å²) in [6.45, 7) is 8.52. The number of carbonyl (C=O) groups excluding carboxylic acids is 1. The van der Waals surface area contributed by atoms with Crippen LogP contribution in [0.1, 0.15) is 79.6 Å². The van der Waals surface area contributed by atoms with Gasteiger partial charge in [-0.25, -0.2) is 0 Å². The predicted octanol–water partition coefficient (Wildman–Crippen LogP) is 0.825. The monoisotopic (exact) mass is 496 g/mol. The third-order valence-electron chi connectivity index (χ3n) is 10.5. The van der Waals surface area contributed by atoms with Crippen LogP contribution in [0.25, 0.3) is 0 Å². The first-order valence-corrected chi connectivity index (χ1v) is 13.0. The molecule has 0 heterocycles. The van der Waals surface area contributed by atoms with Crippen LogP contribution in [0.4, 0.5) is 0 Å². The minimum absolute atomic E-state index is 0.115. The highest BCUT2D eigenvalue weighted by Crippen LogP contribution is 2.68. The van der Waals surface area contributed by atoms with Gasteiger partial charge in [-0.05, 0) is 88.7 Å². The zero-order valence-electron chi connectivity index (χ0n) is 21.6. The molecule has 4 aliphatic rings. The number of aliphatic hydroxyl groups excluding tert-OH is 4. The Morgan fingerprint density at radius 2 is 1.69 bits per heavy atom. The van der Waals surface area contributed by atoms with Crippen molar-refractivity contribution in [3.63, 3.8) is 0 Å². The molecule has 3 saturated carbocycles. The normalized spacial score (nSPS) is 48.3. The quantitative estimate of drug-likeness (QED) is 0.295. The minimum atomic E-state index is -1.59. The number of hydrogen-bond acceptors (Lipinski definition) is 8. The largest absolute Gasteiger partial charge is 0.392 e. The highest BCUT2D eigenvalue weighted by Gasteiger charge is 2.71. The van der Waals surface area contributed by atoms with Crippen LogP contribution < -0.4 is 0 Å². The van der Waals surface area contributed by atoms with Gasteiger partial charge in [-0.15, -0.1) is 0 Å². The molecule has 200 valence electrons. The van der Waals surface area contributed by atoms with Crippen molar-refractivity contribution in [3.8, 4) is 0 Å². The van der Waals surface area contributed by atoms with E-state index in [1.165, 1.54) is 6.08 Å². The standard InChI is InChI=1S/C27H44O8/c1-23(2,33)8-7-21(32)26(5,34)20-6-9-27(35)15-11-16(28)14-10-17(29)18(30)12-24(14,3)22(15)19(31)13-25(20,27)4/h11,14,17-22,29-35H,6-10,12-13H2,1-5H3/t14?,17?,18?,19-,20?,21+,22?,24+,25-,26-,27-/m1/s1. The Morgan fingerprint density at radius 3 is 2.29 bits per heavy atom. The van der Waals surface area contributed by atoms with Gasteiger partial charge >= 0.3 is 0 Å². The predicted molar refractivity (Wildman–Crippen MR) is 128 cm³/mol. The molecule has 0 radical (unpaired) electrons. The third-order valence-corrected chi connectivity index (χ3v) is 10.5. The molecule has 0 spiro atoms. The van der Waals surface area contributed by atoms with Crippen LogP contribution in [0, 0.1) is 28.6 Å². The molecule has 0 aromatic carbocycles. The molecule has 11 atom stereocenters. The first-order chi connectivity index (χ1) is 15.9. The molecular formula is C27H44O8. The Morgan fingerprint density at radius 1 is 1.06 bits per heavy atom. The molecule has 0 aromatic heterocycles. The smallest absolute Gasteiger partial charge is 0.159 e. The van der Waals surface area contributed by atoms with Crippen molar-refractivity contribution >= 4 is 5.78 Å². The van der Waals surface area contributed by atoms with Crippen LogP contribution in [0.2, 0.25) is 0 Å². The van der Waals surface area contributed by atoms with Crippen LogP contribution in [0.3, 0.4) is 0 Å². The zero-order valence-corrected chi connectivity index (χ0v) is 21.6. The first-order valence-electron chi connectivity index (χ1n) is 13.0. The van der Waals surface area contributed by atoms with Crippen molar-refractivity contribution in [2.45, 2.75) is 121 Å². The van der Waals surface area contributed by atoms with Gasteiger partial charge in [0.05, 0.1) is 41.2 Å². The highest BCUT2D eigenvalue weighted by atomic mass is 16.3. The van der Waals surface area contributed by atoms with E-state index in [0.29, 0.717) is 12.0 Å². The summed E-state index contributed by atoms with van der Waals surface area (Å²) in [6.07, 6.45) is -1.08. The van der Waals surface area contributed by atoms with Crippen molar-refractivity contribution in [1.29, 1.82) is 0 Å². The van der Waals surface area contributed by atoms with Gasteiger partial charge in [0.2, 0.25) is 0 Å². The average Bonchev–Trinajstić information content (AvgIpc) is 2.99. The highest BCUT2D eigenvalue weighted by molar-refractivity contribution is 5.95. The number of hydrogen-bond donors (Lipinski definition) is 7. The summed E-state index contributed by atoms with van der Waals surface area (Å²) in [5.74, 6) is -1.89. The maximum Gasteiger partial charge on any atom is 0.159 e. The van der Waals surface area contributed by atoms with E-state index < -0.39 is 69.8 Å². The Hall–Kier alpha value is -0.870. The Balaban J connectivity index is 1.71. The molecule has 5 unspecified atom stereocenters. The van der Waals surface area contributed by atoms with Crippen molar-refractivity contribution in [2.24, 2.45) is 28.6 Å². The van der Waals surface area contributed by atoms with Gasteiger partial charge in [-0.3, -0.25) is 4.79 Å². The molecule has 8 nitrogen and oxygen atoms in total. The van der Waals surface area contributed by atoms with E-state index in [9.17, 15) is 40.5 Å². The van der Waals surface area contributed by atoms with Gasteiger partial charge < -0.3 is 35.7 Å². The molecule has 0 saturated heterocycles. The lowest BCUT2D eigenvalue weighted by molar-refractivity contribution is -0.197. The lowest BCUT2D eigenvalue weighted by Gasteiger charge is -2.62. The fourth-order valence-electron chi connectivity index (χ4n) is 8.44. The first kappa shape index (κ1) is 27.2. The summed E-state index contributed by atoms with van der Waals surface area (Å²) in [6, 6.07) is 0. The van der Waals surface area contributed by atoms with Gasteiger partial charge in [0.1, 0.15) is 0 Å². The summed E-state index contributed by atoms with van der Waals surface area (Å²) >= 11 is 0. The zero-order chi connectivity index (χ0) is 26.4. The summed E-state index contributed by atoms with van der Waals surface area (Å²) < 4.78 is 0. The molecule has 35 heavy (non-hydrogen) atoms. The lowest BCUT2D eigenvalue weighted by Crippen LogP contribution is -2.66. The van der Waals surface area contributed by atoms with Gasteiger partial charge in [-0.1, -0.05) is 13.8 Å². The second-order valence-electron chi connectivity index (χ2n) is 13.3.